The van der Waals surface area contributed by atoms with Gasteiger partial charge in [-0.2, -0.15) is 5.26 Å². The first-order valence-corrected chi connectivity index (χ1v) is 6.00. The van der Waals surface area contributed by atoms with E-state index in [0.717, 1.165) is 6.42 Å². The van der Waals surface area contributed by atoms with Crippen LogP contribution >= 0.6 is 0 Å². The minimum Gasteiger partial charge on any atom is -0.355 e. The summed E-state index contributed by atoms with van der Waals surface area (Å²) in [4.78, 5) is 23.1. The van der Waals surface area contributed by atoms with Gasteiger partial charge in [0.25, 0.3) is 0 Å². The van der Waals surface area contributed by atoms with Gasteiger partial charge in [-0.05, 0) is 25.2 Å². The highest BCUT2D eigenvalue weighted by atomic mass is 16.2. The van der Waals surface area contributed by atoms with Crippen LogP contribution in [0, 0.1) is 22.7 Å². The van der Waals surface area contributed by atoms with Crippen molar-refractivity contribution in [1.82, 2.24) is 10.6 Å². The van der Waals surface area contributed by atoms with E-state index in [0.29, 0.717) is 25.3 Å². The molecule has 17 heavy (non-hydrogen) atoms. The van der Waals surface area contributed by atoms with Crippen LogP contribution in [0.15, 0.2) is 0 Å². The summed E-state index contributed by atoms with van der Waals surface area (Å²) in [5, 5.41) is 14.2. The highest BCUT2D eigenvalue weighted by Crippen LogP contribution is 2.44. The number of hydrogen-bond acceptors (Lipinski definition) is 3. The Hall–Kier alpha value is -1.57. The summed E-state index contributed by atoms with van der Waals surface area (Å²) in [5.74, 6) is -0.111. The van der Waals surface area contributed by atoms with Crippen molar-refractivity contribution >= 4 is 11.8 Å². The van der Waals surface area contributed by atoms with Crippen molar-refractivity contribution in [3.63, 3.8) is 0 Å². The summed E-state index contributed by atoms with van der Waals surface area (Å²) >= 11 is 0. The van der Waals surface area contributed by atoms with Gasteiger partial charge in [0.1, 0.15) is 5.41 Å². The molecular formula is C12H19N3O2. The number of nitriles is 1. The fourth-order valence-corrected chi connectivity index (χ4v) is 2.11. The molecule has 0 atom stereocenters. The lowest BCUT2D eigenvalue weighted by Crippen LogP contribution is -2.50. The van der Waals surface area contributed by atoms with Crippen molar-refractivity contribution in [1.29, 1.82) is 5.26 Å². The van der Waals surface area contributed by atoms with Gasteiger partial charge in [0.15, 0.2) is 0 Å². The zero-order valence-corrected chi connectivity index (χ0v) is 10.4. The molecule has 0 aromatic carbocycles. The minimum atomic E-state index is -0.898. The second-order valence-electron chi connectivity index (χ2n) is 4.74. The summed E-state index contributed by atoms with van der Waals surface area (Å²) in [6, 6.07) is 2.07. The van der Waals surface area contributed by atoms with Gasteiger partial charge < -0.3 is 10.6 Å². The quantitative estimate of drug-likeness (QED) is 0.733. The highest BCUT2D eigenvalue weighted by molar-refractivity contribution is 5.90. The van der Waals surface area contributed by atoms with E-state index < -0.39 is 5.41 Å². The number of amides is 2. The maximum Gasteiger partial charge on any atom is 0.240 e. The van der Waals surface area contributed by atoms with Crippen molar-refractivity contribution in [3.05, 3.63) is 0 Å². The third-order valence-electron chi connectivity index (χ3n) is 3.02. The molecule has 0 bridgehead atoms. The Morgan fingerprint density at radius 2 is 2.06 bits per heavy atom. The molecule has 1 aliphatic carbocycles. The van der Waals surface area contributed by atoms with Gasteiger partial charge in [0.2, 0.25) is 11.8 Å². The average molecular weight is 237 g/mol. The first kappa shape index (κ1) is 13.5. The number of nitrogens with zero attached hydrogens (tertiary/aromatic N) is 1. The summed E-state index contributed by atoms with van der Waals surface area (Å²) < 4.78 is 0. The third-order valence-corrected chi connectivity index (χ3v) is 3.02. The Kier molecular flexibility index (Phi) is 4.50. The Labute approximate surface area is 102 Å². The Morgan fingerprint density at radius 1 is 1.41 bits per heavy atom. The normalized spacial score (nSPS) is 26.5. The number of hydrogen-bond donors (Lipinski definition) is 2. The molecule has 0 saturated heterocycles. The van der Waals surface area contributed by atoms with Crippen LogP contribution in [0.4, 0.5) is 0 Å². The predicted octanol–water partition coefficient (Wildman–Crippen LogP) is 0.569. The zero-order valence-electron chi connectivity index (χ0n) is 10.4. The van der Waals surface area contributed by atoms with Gasteiger partial charge in [-0.3, -0.25) is 9.59 Å². The van der Waals surface area contributed by atoms with Crippen LogP contribution in [0.1, 0.15) is 33.1 Å². The number of nitrogens with one attached hydrogen (secondary N) is 2. The standard InChI is InChI=1S/C12H19N3O2/c1-3-4-14-10(16)7-15-11(17)12(8-13)5-9(2)6-12/h9H,3-7H2,1-2H3,(H,14,16)(H,15,17). The SMILES string of the molecule is CCCNC(=O)CNC(=O)C1(C#N)CC(C)C1. The maximum atomic E-state index is 11.8. The van der Waals surface area contributed by atoms with Gasteiger partial charge in [0.05, 0.1) is 12.6 Å². The molecule has 2 N–H and O–H groups in total. The molecule has 1 aliphatic rings. The van der Waals surface area contributed by atoms with Crippen LogP contribution in [0.25, 0.3) is 0 Å². The molecule has 94 valence electrons. The van der Waals surface area contributed by atoms with Crippen molar-refractivity contribution in [2.45, 2.75) is 33.1 Å². The van der Waals surface area contributed by atoms with E-state index in [1.54, 1.807) is 0 Å². The molecule has 0 unspecified atom stereocenters. The maximum absolute atomic E-state index is 11.8. The van der Waals surface area contributed by atoms with E-state index >= 15 is 0 Å². The van der Waals surface area contributed by atoms with Crippen LogP contribution in [0.2, 0.25) is 0 Å². The molecule has 1 rings (SSSR count). The largest absolute Gasteiger partial charge is 0.355 e. The molecule has 0 heterocycles. The van der Waals surface area contributed by atoms with Gasteiger partial charge in [-0.25, -0.2) is 0 Å². The molecule has 1 fully saturated rings. The monoisotopic (exact) mass is 237 g/mol. The molecule has 5 heteroatoms. The molecule has 0 spiro atoms. The van der Waals surface area contributed by atoms with E-state index in [9.17, 15) is 9.59 Å². The second kappa shape index (κ2) is 5.67. The van der Waals surface area contributed by atoms with Crippen molar-refractivity contribution in [2.24, 2.45) is 11.3 Å². The van der Waals surface area contributed by atoms with Gasteiger partial charge in [-0.1, -0.05) is 13.8 Å². The molecule has 0 aliphatic heterocycles. The average Bonchev–Trinajstić information content (AvgIpc) is 2.28. The molecule has 0 radical (unpaired) electrons. The molecule has 0 aromatic heterocycles. The lowest BCUT2D eigenvalue weighted by molar-refractivity contribution is -0.135. The second-order valence-corrected chi connectivity index (χ2v) is 4.74. The lowest BCUT2D eigenvalue weighted by atomic mass is 9.63. The molecule has 5 nitrogen and oxygen atoms in total. The van der Waals surface area contributed by atoms with Crippen LogP contribution in [-0.2, 0) is 9.59 Å². The zero-order chi connectivity index (χ0) is 12.9. The van der Waals surface area contributed by atoms with E-state index in [2.05, 4.69) is 16.7 Å². The van der Waals surface area contributed by atoms with Crippen LogP contribution in [0.5, 0.6) is 0 Å². The fraction of sp³-hybridized carbons (Fsp3) is 0.750. The molecule has 2 amide bonds. The van der Waals surface area contributed by atoms with Crippen LogP contribution in [0.3, 0.4) is 0 Å². The lowest BCUT2D eigenvalue weighted by Gasteiger charge is -2.39. The number of carbonyl (C=O) groups excluding carboxylic acids is 2. The van der Waals surface area contributed by atoms with Gasteiger partial charge in [0, 0.05) is 6.54 Å². The van der Waals surface area contributed by atoms with Crippen LogP contribution in [-0.4, -0.2) is 24.9 Å². The Balaban J connectivity index is 2.35. The molecular weight excluding hydrogens is 218 g/mol. The van der Waals surface area contributed by atoms with E-state index in [1.165, 1.54) is 0 Å². The summed E-state index contributed by atoms with van der Waals surface area (Å²) in [7, 11) is 0. The Morgan fingerprint density at radius 3 is 2.53 bits per heavy atom. The Bertz CT molecular complexity index is 340. The summed E-state index contributed by atoms with van der Waals surface area (Å²) in [6.07, 6.45) is 2.04. The van der Waals surface area contributed by atoms with Crippen molar-refractivity contribution in [3.8, 4) is 6.07 Å². The number of rotatable bonds is 5. The van der Waals surface area contributed by atoms with Crippen LogP contribution < -0.4 is 10.6 Å². The highest BCUT2D eigenvalue weighted by Gasteiger charge is 2.48. The number of carbonyl (C=O) groups is 2. The first-order chi connectivity index (χ1) is 8.04. The fourth-order valence-electron chi connectivity index (χ4n) is 2.11. The van der Waals surface area contributed by atoms with E-state index in [-0.39, 0.29) is 18.4 Å². The van der Waals surface area contributed by atoms with Crippen molar-refractivity contribution < 1.29 is 9.59 Å². The van der Waals surface area contributed by atoms with Gasteiger partial charge >= 0.3 is 0 Å². The first-order valence-electron chi connectivity index (χ1n) is 6.00. The topological polar surface area (TPSA) is 82.0 Å². The predicted molar refractivity (Wildman–Crippen MR) is 62.8 cm³/mol. The van der Waals surface area contributed by atoms with E-state index in [4.69, 9.17) is 5.26 Å². The van der Waals surface area contributed by atoms with Crippen molar-refractivity contribution in [2.75, 3.05) is 13.1 Å². The smallest absolute Gasteiger partial charge is 0.240 e. The summed E-state index contributed by atoms with van der Waals surface area (Å²) in [6.45, 7) is 4.53. The summed E-state index contributed by atoms with van der Waals surface area (Å²) in [5.41, 5.74) is -0.898. The minimum absolute atomic E-state index is 0.0450. The molecule has 0 aromatic rings. The third kappa shape index (κ3) is 3.19. The van der Waals surface area contributed by atoms with Gasteiger partial charge in [-0.15, -0.1) is 0 Å². The molecule has 1 saturated carbocycles. The van der Waals surface area contributed by atoms with E-state index in [1.807, 2.05) is 13.8 Å².